The minimum atomic E-state index is -1.31. The minimum absolute atomic E-state index is 0.0156. The number of hydrogen-bond acceptors (Lipinski definition) is 3. The molecule has 0 radical (unpaired) electrons. The Bertz CT molecular complexity index is 719. The van der Waals surface area contributed by atoms with E-state index >= 15 is 0 Å². The summed E-state index contributed by atoms with van der Waals surface area (Å²) in [5.74, 6) is -1.95. The van der Waals surface area contributed by atoms with E-state index in [0.717, 1.165) is 25.1 Å². The molecule has 6 heteroatoms. The third kappa shape index (κ3) is 1.57. The van der Waals surface area contributed by atoms with Crippen molar-refractivity contribution in [1.82, 2.24) is 9.55 Å². The zero-order valence-electron chi connectivity index (χ0n) is 9.26. The summed E-state index contributed by atoms with van der Waals surface area (Å²) in [5, 5.41) is 9.01. The predicted octanol–water partition coefficient (Wildman–Crippen LogP) is 1.57. The number of pyridine rings is 2. The molecular weight excluding hydrogens is 239 g/mol. The SMILES string of the molecule is O=C(O)c1cn(C2CC2)c2ncc(F)cc2c1=O. The number of hydrogen-bond donors (Lipinski definition) is 1. The van der Waals surface area contributed by atoms with Gasteiger partial charge in [-0.2, -0.15) is 0 Å². The zero-order chi connectivity index (χ0) is 12.9. The van der Waals surface area contributed by atoms with Crippen molar-refractivity contribution in [3.05, 3.63) is 40.1 Å². The molecule has 1 N–H and O–H groups in total. The lowest BCUT2D eigenvalue weighted by Gasteiger charge is -2.09. The first kappa shape index (κ1) is 10.9. The van der Waals surface area contributed by atoms with Crippen LogP contribution in [0.25, 0.3) is 11.0 Å². The topological polar surface area (TPSA) is 72.2 Å². The van der Waals surface area contributed by atoms with Crippen molar-refractivity contribution in [2.24, 2.45) is 0 Å². The maximum atomic E-state index is 13.1. The maximum Gasteiger partial charge on any atom is 0.341 e. The molecule has 92 valence electrons. The highest BCUT2D eigenvalue weighted by atomic mass is 19.1. The van der Waals surface area contributed by atoms with Crippen LogP contribution in [0.15, 0.2) is 23.3 Å². The molecule has 2 heterocycles. The van der Waals surface area contributed by atoms with E-state index in [1.165, 1.54) is 6.20 Å². The summed E-state index contributed by atoms with van der Waals surface area (Å²) in [7, 11) is 0. The number of carboxylic acids is 1. The molecule has 2 aromatic rings. The molecule has 1 saturated carbocycles. The summed E-state index contributed by atoms with van der Waals surface area (Å²) in [4.78, 5) is 26.8. The van der Waals surface area contributed by atoms with Crippen LogP contribution in [0.5, 0.6) is 0 Å². The van der Waals surface area contributed by atoms with Crippen molar-refractivity contribution in [3.8, 4) is 0 Å². The van der Waals surface area contributed by atoms with E-state index in [1.54, 1.807) is 4.57 Å². The van der Waals surface area contributed by atoms with Crippen LogP contribution in [0, 0.1) is 5.82 Å². The van der Waals surface area contributed by atoms with Gasteiger partial charge in [0.25, 0.3) is 0 Å². The average molecular weight is 248 g/mol. The Morgan fingerprint density at radius 2 is 2.22 bits per heavy atom. The van der Waals surface area contributed by atoms with Gasteiger partial charge in [-0.15, -0.1) is 0 Å². The standard InChI is InChI=1S/C12H9FN2O3/c13-6-3-8-10(16)9(12(17)18)5-15(7-1-2-7)11(8)14-4-6/h3-5,7H,1-2H2,(H,17,18). The molecule has 1 fully saturated rings. The number of carboxylic acid groups (broad SMARTS) is 1. The van der Waals surface area contributed by atoms with Crippen molar-refractivity contribution in [2.45, 2.75) is 18.9 Å². The molecule has 0 amide bonds. The number of nitrogens with zero attached hydrogens (tertiary/aromatic N) is 2. The van der Waals surface area contributed by atoms with Gasteiger partial charge in [-0.1, -0.05) is 0 Å². The third-order valence-corrected chi connectivity index (χ3v) is 3.01. The Morgan fingerprint density at radius 1 is 1.50 bits per heavy atom. The van der Waals surface area contributed by atoms with Gasteiger partial charge in [-0.25, -0.2) is 14.2 Å². The lowest BCUT2D eigenvalue weighted by atomic mass is 10.2. The normalized spacial score (nSPS) is 14.9. The van der Waals surface area contributed by atoms with Gasteiger partial charge in [0.1, 0.15) is 17.0 Å². The van der Waals surface area contributed by atoms with Crippen molar-refractivity contribution in [2.75, 3.05) is 0 Å². The van der Waals surface area contributed by atoms with Crippen LogP contribution in [-0.2, 0) is 0 Å². The highest BCUT2D eigenvalue weighted by Crippen LogP contribution is 2.36. The molecule has 0 spiro atoms. The molecule has 2 aromatic heterocycles. The fraction of sp³-hybridized carbons (Fsp3) is 0.250. The maximum absolute atomic E-state index is 13.1. The number of rotatable bonds is 2. The Morgan fingerprint density at radius 3 is 2.83 bits per heavy atom. The van der Waals surface area contributed by atoms with Gasteiger partial charge in [0.2, 0.25) is 5.43 Å². The van der Waals surface area contributed by atoms with Crippen molar-refractivity contribution < 1.29 is 14.3 Å². The molecule has 1 aliphatic carbocycles. The fourth-order valence-electron chi connectivity index (χ4n) is 1.99. The van der Waals surface area contributed by atoms with Crippen molar-refractivity contribution in [1.29, 1.82) is 0 Å². The molecule has 18 heavy (non-hydrogen) atoms. The van der Waals surface area contributed by atoms with Crippen LogP contribution in [0.3, 0.4) is 0 Å². The van der Waals surface area contributed by atoms with E-state index in [4.69, 9.17) is 5.11 Å². The lowest BCUT2D eigenvalue weighted by Crippen LogP contribution is -2.19. The van der Waals surface area contributed by atoms with Gasteiger partial charge in [0.05, 0.1) is 11.6 Å². The Hall–Kier alpha value is -2.24. The smallest absolute Gasteiger partial charge is 0.341 e. The number of aromatic carboxylic acids is 1. The second kappa shape index (κ2) is 3.63. The highest BCUT2D eigenvalue weighted by molar-refractivity contribution is 5.91. The second-order valence-corrected chi connectivity index (χ2v) is 4.34. The van der Waals surface area contributed by atoms with Crippen LogP contribution < -0.4 is 5.43 Å². The predicted molar refractivity (Wildman–Crippen MR) is 61.2 cm³/mol. The first-order valence-electron chi connectivity index (χ1n) is 5.51. The van der Waals surface area contributed by atoms with Crippen LogP contribution in [0.4, 0.5) is 4.39 Å². The molecule has 5 nitrogen and oxygen atoms in total. The van der Waals surface area contributed by atoms with Crippen LogP contribution in [-0.4, -0.2) is 20.6 Å². The van der Waals surface area contributed by atoms with Gasteiger partial charge in [0.15, 0.2) is 0 Å². The molecular formula is C12H9FN2O3. The number of carbonyl (C=O) groups is 1. The summed E-state index contributed by atoms with van der Waals surface area (Å²) in [6.45, 7) is 0. The highest BCUT2D eigenvalue weighted by Gasteiger charge is 2.27. The van der Waals surface area contributed by atoms with Gasteiger partial charge in [-0.3, -0.25) is 4.79 Å². The quantitative estimate of drug-likeness (QED) is 0.875. The number of aromatic nitrogens is 2. The zero-order valence-corrected chi connectivity index (χ0v) is 9.26. The van der Waals surface area contributed by atoms with E-state index in [1.807, 2.05) is 0 Å². The summed E-state index contributed by atoms with van der Waals surface area (Å²) < 4.78 is 14.8. The van der Waals surface area contributed by atoms with E-state index in [0.29, 0.717) is 5.65 Å². The van der Waals surface area contributed by atoms with Crippen molar-refractivity contribution >= 4 is 17.0 Å². The van der Waals surface area contributed by atoms with Crippen molar-refractivity contribution in [3.63, 3.8) is 0 Å². The van der Waals surface area contributed by atoms with Gasteiger partial charge < -0.3 is 9.67 Å². The average Bonchev–Trinajstić information content (AvgIpc) is 3.14. The summed E-state index contributed by atoms with van der Waals surface area (Å²) >= 11 is 0. The number of fused-ring (bicyclic) bond motifs is 1. The van der Waals surface area contributed by atoms with E-state index < -0.39 is 17.2 Å². The van der Waals surface area contributed by atoms with E-state index in [2.05, 4.69) is 4.98 Å². The molecule has 0 aromatic carbocycles. The number of halogens is 1. The van der Waals surface area contributed by atoms with Crippen LogP contribution in [0.1, 0.15) is 29.2 Å². The summed E-state index contributed by atoms with van der Waals surface area (Å²) in [5.41, 5.74) is -0.697. The van der Waals surface area contributed by atoms with Gasteiger partial charge in [0, 0.05) is 12.2 Å². The molecule has 3 rings (SSSR count). The molecule has 0 unspecified atom stereocenters. The molecule has 0 saturated heterocycles. The third-order valence-electron chi connectivity index (χ3n) is 3.01. The lowest BCUT2D eigenvalue weighted by molar-refractivity contribution is 0.0695. The second-order valence-electron chi connectivity index (χ2n) is 4.34. The first-order chi connectivity index (χ1) is 8.58. The Labute approximate surface area is 100 Å². The van der Waals surface area contributed by atoms with E-state index in [9.17, 15) is 14.0 Å². The van der Waals surface area contributed by atoms with Crippen LogP contribution >= 0.6 is 0 Å². The molecule has 1 aliphatic rings. The largest absolute Gasteiger partial charge is 0.477 e. The molecule has 0 bridgehead atoms. The van der Waals surface area contributed by atoms with Gasteiger partial charge in [-0.05, 0) is 18.9 Å². The molecule has 0 aliphatic heterocycles. The minimum Gasteiger partial charge on any atom is -0.477 e. The van der Waals surface area contributed by atoms with Gasteiger partial charge >= 0.3 is 5.97 Å². The monoisotopic (exact) mass is 248 g/mol. The molecule has 0 atom stereocenters. The van der Waals surface area contributed by atoms with E-state index in [-0.39, 0.29) is 17.0 Å². The summed E-state index contributed by atoms with van der Waals surface area (Å²) in [6.07, 6.45) is 4.16. The Balaban J connectivity index is 2.43. The van der Waals surface area contributed by atoms with Crippen LogP contribution in [0.2, 0.25) is 0 Å². The first-order valence-corrected chi connectivity index (χ1v) is 5.51. The Kier molecular flexibility index (Phi) is 2.19. The fourth-order valence-corrected chi connectivity index (χ4v) is 1.99. The summed E-state index contributed by atoms with van der Waals surface area (Å²) in [6, 6.07) is 1.19.